The maximum atomic E-state index is 11.1. The van der Waals surface area contributed by atoms with Gasteiger partial charge in [-0.3, -0.25) is 4.79 Å². The Hall–Kier alpha value is -1.26. The van der Waals surface area contributed by atoms with Crippen molar-refractivity contribution in [3.63, 3.8) is 0 Å². The highest BCUT2D eigenvalue weighted by molar-refractivity contribution is 5.83. The maximum Gasteiger partial charge on any atom is 0.315 e. The standard InChI is InChI=1S/C7H10N2O3/c1-3-5-4(2-12-6(5)10)9-7(11)8-3/h3-5H,2H2,1H3,(H2,8,9,11)/t3-,4-,5-/m0/s1. The summed E-state index contributed by atoms with van der Waals surface area (Å²) in [7, 11) is 0. The Bertz CT molecular complexity index is 241. The van der Waals surface area contributed by atoms with E-state index in [1.165, 1.54) is 0 Å². The molecule has 2 aliphatic rings. The van der Waals surface area contributed by atoms with Crippen molar-refractivity contribution in [1.29, 1.82) is 0 Å². The number of amides is 2. The molecule has 3 atom stereocenters. The van der Waals surface area contributed by atoms with Crippen LogP contribution in [0.15, 0.2) is 0 Å². The summed E-state index contributed by atoms with van der Waals surface area (Å²) in [6.45, 7) is 2.12. The zero-order chi connectivity index (χ0) is 8.72. The van der Waals surface area contributed by atoms with Crippen molar-refractivity contribution in [1.82, 2.24) is 10.6 Å². The zero-order valence-corrected chi connectivity index (χ0v) is 6.66. The number of carbonyl (C=O) groups excluding carboxylic acids is 2. The Labute approximate surface area is 69.5 Å². The second kappa shape index (κ2) is 2.36. The van der Waals surface area contributed by atoms with E-state index >= 15 is 0 Å². The van der Waals surface area contributed by atoms with Gasteiger partial charge < -0.3 is 15.4 Å². The predicted octanol–water partition coefficient (Wildman–Crippen LogP) is -0.771. The van der Waals surface area contributed by atoms with Gasteiger partial charge in [0, 0.05) is 6.04 Å². The number of urea groups is 1. The van der Waals surface area contributed by atoms with Gasteiger partial charge in [0.15, 0.2) is 0 Å². The van der Waals surface area contributed by atoms with Crippen LogP contribution in [-0.4, -0.2) is 30.7 Å². The lowest BCUT2D eigenvalue weighted by molar-refractivity contribution is -0.141. The summed E-state index contributed by atoms with van der Waals surface area (Å²) >= 11 is 0. The molecule has 0 saturated carbocycles. The highest BCUT2D eigenvalue weighted by atomic mass is 16.5. The first-order valence-electron chi connectivity index (χ1n) is 3.92. The molecule has 0 bridgehead atoms. The summed E-state index contributed by atoms with van der Waals surface area (Å²) in [6.07, 6.45) is 0. The van der Waals surface area contributed by atoms with Gasteiger partial charge in [0.1, 0.15) is 12.5 Å². The SMILES string of the molecule is C[C@@H]1NC(=O)N[C@H]2COC(=O)[C@@H]12. The maximum absolute atomic E-state index is 11.1. The Morgan fingerprint density at radius 2 is 2.17 bits per heavy atom. The van der Waals surface area contributed by atoms with Crippen molar-refractivity contribution in [2.45, 2.75) is 19.0 Å². The van der Waals surface area contributed by atoms with Gasteiger partial charge in [0.05, 0.1) is 6.04 Å². The minimum absolute atomic E-state index is 0.126. The molecular weight excluding hydrogens is 160 g/mol. The van der Waals surface area contributed by atoms with E-state index in [4.69, 9.17) is 4.74 Å². The van der Waals surface area contributed by atoms with Gasteiger partial charge >= 0.3 is 12.0 Å². The fourth-order valence-electron chi connectivity index (χ4n) is 1.73. The van der Waals surface area contributed by atoms with Crippen molar-refractivity contribution < 1.29 is 14.3 Å². The van der Waals surface area contributed by atoms with Gasteiger partial charge in [-0.05, 0) is 6.92 Å². The van der Waals surface area contributed by atoms with E-state index in [0.29, 0.717) is 6.61 Å². The molecule has 66 valence electrons. The number of hydrogen-bond acceptors (Lipinski definition) is 3. The highest BCUT2D eigenvalue weighted by Crippen LogP contribution is 2.21. The summed E-state index contributed by atoms with van der Waals surface area (Å²) < 4.78 is 4.82. The third-order valence-corrected chi connectivity index (χ3v) is 2.32. The summed E-state index contributed by atoms with van der Waals surface area (Å²) in [4.78, 5) is 22.0. The lowest BCUT2D eigenvalue weighted by Gasteiger charge is -2.29. The molecular formula is C7H10N2O3. The highest BCUT2D eigenvalue weighted by Gasteiger charge is 2.44. The second-order valence-electron chi connectivity index (χ2n) is 3.17. The molecule has 0 aromatic carbocycles. The van der Waals surface area contributed by atoms with E-state index < -0.39 is 0 Å². The first-order chi connectivity index (χ1) is 5.68. The minimum atomic E-state index is -0.222. The summed E-state index contributed by atoms with van der Waals surface area (Å²) in [5.41, 5.74) is 0. The lowest BCUT2D eigenvalue weighted by atomic mass is 9.93. The number of fused-ring (bicyclic) bond motifs is 1. The van der Waals surface area contributed by atoms with Gasteiger partial charge in [-0.1, -0.05) is 0 Å². The fraction of sp³-hybridized carbons (Fsp3) is 0.714. The molecule has 0 spiro atoms. The van der Waals surface area contributed by atoms with Crippen LogP contribution in [0, 0.1) is 5.92 Å². The number of carbonyl (C=O) groups is 2. The Kier molecular flexibility index (Phi) is 1.46. The van der Waals surface area contributed by atoms with E-state index in [-0.39, 0.29) is 30.0 Å². The van der Waals surface area contributed by atoms with E-state index in [1.54, 1.807) is 0 Å². The van der Waals surface area contributed by atoms with Gasteiger partial charge in [0.2, 0.25) is 0 Å². The Morgan fingerprint density at radius 1 is 1.42 bits per heavy atom. The second-order valence-corrected chi connectivity index (χ2v) is 3.17. The van der Waals surface area contributed by atoms with Crippen molar-refractivity contribution in [3.8, 4) is 0 Å². The molecule has 0 aromatic rings. The summed E-state index contributed by atoms with van der Waals surface area (Å²) in [5.74, 6) is -0.442. The molecule has 2 saturated heterocycles. The molecule has 2 amide bonds. The van der Waals surface area contributed by atoms with Crippen LogP contribution >= 0.6 is 0 Å². The van der Waals surface area contributed by atoms with Crippen LogP contribution in [0.2, 0.25) is 0 Å². The van der Waals surface area contributed by atoms with E-state index in [1.807, 2.05) is 6.92 Å². The van der Waals surface area contributed by atoms with Crippen LogP contribution in [0.4, 0.5) is 4.79 Å². The third-order valence-electron chi connectivity index (χ3n) is 2.32. The predicted molar refractivity (Wildman–Crippen MR) is 39.4 cm³/mol. The molecule has 0 aromatic heterocycles. The quantitative estimate of drug-likeness (QED) is 0.469. The van der Waals surface area contributed by atoms with Crippen molar-refractivity contribution in [2.24, 2.45) is 5.92 Å². The molecule has 2 fully saturated rings. The smallest absolute Gasteiger partial charge is 0.315 e. The number of rotatable bonds is 0. The number of hydrogen-bond donors (Lipinski definition) is 2. The average Bonchev–Trinajstić information content (AvgIpc) is 2.31. The van der Waals surface area contributed by atoms with E-state index in [9.17, 15) is 9.59 Å². The van der Waals surface area contributed by atoms with Gasteiger partial charge in [-0.2, -0.15) is 0 Å². The molecule has 12 heavy (non-hydrogen) atoms. The summed E-state index contributed by atoms with van der Waals surface area (Å²) in [5, 5.41) is 5.27. The molecule has 2 N–H and O–H groups in total. The first kappa shape index (κ1) is 7.39. The average molecular weight is 170 g/mol. The molecule has 2 heterocycles. The molecule has 0 radical (unpaired) electrons. The molecule has 2 aliphatic heterocycles. The normalized spacial score (nSPS) is 39.6. The van der Waals surface area contributed by atoms with Crippen LogP contribution in [0.1, 0.15) is 6.92 Å². The number of nitrogens with one attached hydrogen (secondary N) is 2. The topological polar surface area (TPSA) is 67.4 Å². The monoisotopic (exact) mass is 170 g/mol. The molecule has 0 aliphatic carbocycles. The summed E-state index contributed by atoms with van der Waals surface area (Å²) in [6, 6.07) is -0.484. The number of ether oxygens (including phenoxy) is 1. The first-order valence-corrected chi connectivity index (χ1v) is 3.92. The molecule has 2 rings (SSSR count). The largest absolute Gasteiger partial charge is 0.463 e. The van der Waals surface area contributed by atoms with Gasteiger partial charge in [0.25, 0.3) is 0 Å². The van der Waals surface area contributed by atoms with Crippen LogP contribution < -0.4 is 10.6 Å². The molecule has 5 nitrogen and oxygen atoms in total. The Morgan fingerprint density at radius 3 is 2.92 bits per heavy atom. The fourth-order valence-corrected chi connectivity index (χ4v) is 1.73. The lowest BCUT2D eigenvalue weighted by Crippen LogP contribution is -2.59. The van der Waals surface area contributed by atoms with Crippen molar-refractivity contribution in [3.05, 3.63) is 0 Å². The number of esters is 1. The molecule has 5 heteroatoms. The zero-order valence-electron chi connectivity index (χ0n) is 6.66. The molecule has 0 unspecified atom stereocenters. The third kappa shape index (κ3) is 0.929. The van der Waals surface area contributed by atoms with Crippen LogP contribution in [0.5, 0.6) is 0 Å². The van der Waals surface area contributed by atoms with Crippen LogP contribution in [0.25, 0.3) is 0 Å². The van der Waals surface area contributed by atoms with Crippen LogP contribution in [-0.2, 0) is 9.53 Å². The Balaban J connectivity index is 2.19. The van der Waals surface area contributed by atoms with Crippen molar-refractivity contribution in [2.75, 3.05) is 6.61 Å². The van der Waals surface area contributed by atoms with Crippen LogP contribution in [0.3, 0.4) is 0 Å². The minimum Gasteiger partial charge on any atom is -0.463 e. The number of cyclic esters (lactones) is 1. The van der Waals surface area contributed by atoms with E-state index in [2.05, 4.69) is 10.6 Å². The van der Waals surface area contributed by atoms with E-state index in [0.717, 1.165) is 0 Å². The van der Waals surface area contributed by atoms with Gasteiger partial charge in [-0.25, -0.2) is 4.79 Å². The van der Waals surface area contributed by atoms with Crippen molar-refractivity contribution >= 4 is 12.0 Å². The van der Waals surface area contributed by atoms with Gasteiger partial charge in [-0.15, -0.1) is 0 Å².